The van der Waals surface area contributed by atoms with Gasteiger partial charge in [0.2, 0.25) is 0 Å². The molecule has 2 aromatic rings. The Balaban J connectivity index is 2.22. The maximum atomic E-state index is 12.3. The number of phenolic OH excluding ortho intramolecular Hbond substituents is 1. The van der Waals surface area contributed by atoms with Crippen molar-refractivity contribution < 1.29 is 24.1 Å². The topological polar surface area (TPSA) is 65.0 Å². The van der Waals surface area contributed by atoms with Crippen LogP contribution in [-0.4, -0.2) is 32.2 Å². The normalized spacial score (nSPS) is 10.1. The molecule has 0 unspecified atom stereocenters. The molecule has 5 heteroatoms. The molecule has 0 aliphatic carbocycles. The van der Waals surface area contributed by atoms with Gasteiger partial charge in [0, 0.05) is 12.5 Å². The fraction of sp³-hybridized carbons (Fsp3) is 0.235. The van der Waals surface area contributed by atoms with Gasteiger partial charge < -0.3 is 19.3 Å². The Labute approximate surface area is 129 Å². The van der Waals surface area contributed by atoms with Crippen molar-refractivity contribution in [2.24, 2.45) is 0 Å². The van der Waals surface area contributed by atoms with E-state index in [1.165, 1.54) is 13.2 Å². The number of aromatic hydroxyl groups is 1. The highest BCUT2D eigenvalue weighted by Crippen LogP contribution is 2.29. The lowest BCUT2D eigenvalue weighted by Gasteiger charge is -2.10. The zero-order valence-electron chi connectivity index (χ0n) is 12.8. The van der Waals surface area contributed by atoms with E-state index in [1.807, 2.05) is 0 Å². The lowest BCUT2D eigenvalue weighted by Crippen LogP contribution is -2.04. The summed E-state index contributed by atoms with van der Waals surface area (Å²) in [4.78, 5) is 12.3. The lowest BCUT2D eigenvalue weighted by atomic mass is 10.0. The predicted molar refractivity (Wildman–Crippen MR) is 82.2 cm³/mol. The van der Waals surface area contributed by atoms with E-state index in [-0.39, 0.29) is 23.5 Å². The minimum Gasteiger partial charge on any atom is -0.507 e. The van der Waals surface area contributed by atoms with Crippen LogP contribution < -0.4 is 14.2 Å². The number of methoxy groups -OCH3 is 3. The second kappa shape index (κ2) is 6.85. The summed E-state index contributed by atoms with van der Waals surface area (Å²) >= 11 is 0. The molecule has 116 valence electrons. The number of ether oxygens (including phenoxy) is 3. The average molecular weight is 302 g/mol. The smallest absolute Gasteiger partial charge is 0.170 e. The molecule has 2 rings (SSSR count). The second-order valence-corrected chi connectivity index (χ2v) is 4.67. The van der Waals surface area contributed by atoms with E-state index in [0.29, 0.717) is 17.2 Å². The van der Waals surface area contributed by atoms with E-state index >= 15 is 0 Å². The summed E-state index contributed by atoms with van der Waals surface area (Å²) in [6.07, 6.45) is 0.153. The van der Waals surface area contributed by atoms with Crippen LogP contribution in [0.3, 0.4) is 0 Å². The van der Waals surface area contributed by atoms with Crippen LogP contribution in [0.1, 0.15) is 15.9 Å². The molecule has 0 saturated heterocycles. The Bertz CT molecular complexity index is 679. The van der Waals surface area contributed by atoms with Crippen LogP contribution in [0.2, 0.25) is 0 Å². The number of rotatable bonds is 6. The Morgan fingerprint density at radius 2 is 1.68 bits per heavy atom. The van der Waals surface area contributed by atoms with Crippen LogP contribution in [0.4, 0.5) is 0 Å². The van der Waals surface area contributed by atoms with Crippen LogP contribution in [-0.2, 0) is 6.42 Å². The third-order valence-electron chi connectivity index (χ3n) is 3.32. The first-order valence-electron chi connectivity index (χ1n) is 6.70. The number of benzene rings is 2. The third kappa shape index (κ3) is 3.31. The minimum absolute atomic E-state index is 0.0928. The summed E-state index contributed by atoms with van der Waals surface area (Å²) in [6, 6.07) is 9.90. The summed E-state index contributed by atoms with van der Waals surface area (Å²) in [5, 5.41) is 9.91. The van der Waals surface area contributed by atoms with Crippen LogP contribution in [0.15, 0.2) is 36.4 Å². The Kier molecular flexibility index (Phi) is 4.88. The van der Waals surface area contributed by atoms with Crippen molar-refractivity contribution in [2.75, 3.05) is 21.3 Å². The Morgan fingerprint density at radius 3 is 2.27 bits per heavy atom. The van der Waals surface area contributed by atoms with Crippen molar-refractivity contribution >= 4 is 5.78 Å². The van der Waals surface area contributed by atoms with Crippen LogP contribution >= 0.6 is 0 Å². The molecule has 2 aromatic carbocycles. The summed E-state index contributed by atoms with van der Waals surface area (Å²) in [7, 11) is 4.59. The Hall–Kier alpha value is -2.69. The van der Waals surface area contributed by atoms with Crippen molar-refractivity contribution in [1.29, 1.82) is 0 Å². The molecule has 0 saturated carbocycles. The van der Waals surface area contributed by atoms with E-state index in [4.69, 9.17) is 14.2 Å². The summed E-state index contributed by atoms with van der Waals surface area (Å²) in [5.74, 6) is 1.38. The minimum atomic E-state index is -0.188. The molecule has 0 spiro atoms. The van der Waals surface area contributed by atoms with Gasteiger partial charge in [0.15, 0.2) is 17.3 Å². The van der Waals surface area contributed by atoms with Crippen LogP contribution in [0.25, 0.3) is 0 Å². The van der Waals surface area contributed by atoms with Gasteiger partial charge in [0.25, 0.3) is 0 Å². The summed E-state index contributed by atoms with van der Waals surface area (Å²) < 4.78 is 15.4. The highest BCUT2D eigenvalue weighted by atomic mass is 16.5. The molecule has 0 aromatic heterocycles. The quantitative estimate of drug-likeness (QED) is 0.831. The van der Waals surface area contributed by atoms with Gasteiger partial charge in [-0.2, -0.15) is 0 Å². The summed E-state index contributed by atoms with van der Waals surface area (Å²) in [5.41, 5.74) is 1.04. The fourth-order valence-electron chi connectivity index (χ4n) is 2.15. The van der Waals surface area contributed by atoms with Crippen molar-refractivity contribution in [2.45, 2.75) is 6.42 Å². The van der Waals surface area contributed by atoms with Crippen molar-refractivity contribution in [3.8, 4) is 23.0 Å². The molecule has 0 fully saturated rings. The standard InChI is InChI=1S/C17H18O5/c1-20-12-5-6-13(15(19)10-12)14(18)8-11-4-7-16(21-2)17(9-11)22-3/h4-7,9-10,19H,8H2,1-3H3. The van der Waals surface area contributed by atoms with Crippen LogP contribution in [0, 0.1) is 0 Å². The van der Waals surface area contributed by atoms with Gasteiger partial charge in [-0.3, -0.25) is 4.79 Å². The molecule has 0 bridgehead atoms. The number of phenols is 1. The SMILES string of the molecule is COc1ccc(C(=O)Cc2ccc(OC)c(OC)c2)c(O)c1. The molecule has 0 atom stereocenters. The van der Waals surface area contributed by atoms with Gasteiger partial charge in [0.1, 0.15) is 11.5 Å². The number of carbonyl (C=O) groups excluding carboxylic acids is 1. The molecule has 5 nitrogen and oxygen atoms in total. The molecule has 0 radical (unpaired) electrons. The summed E-state index contributed by atoms with van der Waals surface area (Å²) in [6.45, 7) is 0. The first-order valence-corrected chi connectivity index (χ1v) is 6.70. The molecule has 0 amide bonds. The molecular formula is C17H18O5. The first kappa shape index (κ1) is 15.7. The highest BCUT2D eigenvalue weighted by molar-refractivity contribution is 6.00. The Morgan fingerprint density at radius 1 is 0.955 bits per heavy atom. The maximum absolute atomic E-state index is 12.3. The van der Waals surface area contributed by atoms with Crippen LogP contribution in [0.5, 0.6) is 23.0 Å². The number of hydrogen-bond acceptors (Lipinski definition) is 5. The highest BCUT2D eigenvalue weighted by Gasteiger charge is 2.14. The fourth-order valence-corrected chi connectivity index (χ4v) is 2.15. The van der Waals surface area contributed by atoms with Gasteiger partial charge >= 0.3 is 0 Å². The number of Topliss-reactive ketones (excluding diaryl/α,β-unsaturated/α-hetero) is 1. The lowest BCUT2D eigenvalue weighted by molar-refractivity contribution is 0.0990. The van der Waals surface area contributed by atoms with E-state index in [0.717, 1.165) is 5.56 Å². The third-order valence-corrected chi connectivity index (χ3v) is 3.32. The molecule has 1 N–H and O–H groups in total. The predicted octanol–water partition coefficient (Wildman–Crippen LogP) is 2.84. The van der Waals surface area contributed by atoms with Gasteiger partial charge in [-0.25, -0.2) is 0 Å². The number of carbonyl (C=O) groups is 1. The van der Waals surface area contributed by atoms with Gasteiger partial charge in [-0.1, -0.05) is 6.07 Å². The van der Waals surface area contributed by atoms with Gasteiger partial charge in [-0.05, 0) is 29.8 Å². The molecular weight excluding hydrogens is 284 g/mol. The van der Waals surface area contributed by atoms with Crippen molar-refractivity contribution in [1.82, 2.24) is 0 Å². The average Bonchev–Trinajstić information content (AvgIpc) is 2.54. The van der Waals surface area contributed by atoms with Crippen molar-refractivity contribution in [3.63, 3.8) is 0 Å². The second-order valence-electron chi connectivity index (χ2n) is 4.67. The van der Waals surface area contributed by atoms with Crippen molar-refractivity contribution in [3.05, 3.63) is 47.5 Å². The zero-order valence-corrected chi connectivity index (χ0v) is 12.8. The van der Waals surface area contributed by atoms with E-state index in [9.17, 15) is 9.90 Å². The van der Waals surface area contributed by atoms with Gasteiger partial charge in [0.05, 0.1) is 26.9 Å². The molecule has 0 aliphatic rings. The molecule has 0 aliphatic heterocycles. The number of ketones is 1. The number of hydrogen-bond donors (Lipinski definition) is 1. The largest absolute Gasteiger partial charge is 0.507 e. The van der Waals surface area contributed by atoms with E-state index < -0.39 is 0 Å². The zero-order chi connectivity index (χ0) is 16.1. The molecule has 0 heterocycles. The monoisotopic (exact) mass is 302 g/mol. The molecule has 22 heavy (non-hydrogen) atoms. The van der Waals surface area contributed by atoms with E-state index in [1.54, 1.807) is 44.6 Å². The maximum Gasteiger partial charge on any atom is 0.170 e. The first-order chi connectivity index (χ1) is 10.6. The van der Waals surface area contributed by atoms with Gasteiger partial charge in [-0.15, -0.1) is 0 Å². The van der Waals surface area contributed by atoms with E-state index in [2.05, 4.69) is 0 Å².